The molecule has 0 bridgehead atoms. The van der Waals surface area contributed by atoms with E-state index >= 15 is 0 Å². The number of ether oxygens (including phenoxy) is 1. The van der Waals surface area contributed by atoms with E-state index in [9.17, 15) is 26.4 Å². The number of alkyl halides is 3. The number of esters is 1. The van der Waals surface area contributed by atoms with Gasteiger partial charge in [0.15, 0.2) is 15.5 Å². The number of hydrogen-bond acceptors (Lipinski definition) is 6. The molecular formula is C27H32ClF3N2O4S. The highest BCUT2D eigenvalue weighted by atomic mass is 35.5. The Morgan fingerprint density at radius 1 is 1.13 bits per heavy atom. The summed E-state index contributed by atoms with van der Waals surface area (Å²) in [5.41, 5.74) is 0.786. The lowest BCUT2D eigenvalue weighted by atomic mass is 9.85. The van der Waals surface area contributed by atoms with Gasteiger partial charge in [0.1, 0.15) is 6.61 Å². The maximum Gasteiger partial charge on any atom is 0.434 e. The van der Waals surface area contributed by atoms with E-state index in [2.05, 4.69) is 10.3 Å². The number of hydrogen-bond donors (Lipinski definition) is 1. The van der Waals surface area contributed by atoms with E-state index < -0.39 is 38.6 Å². The molecule has 0 aromatic heterocycles. The minimum absolute atomic E-state index is 0.0108. The summed E-state index contributed by atoms with van der Waals surface area (Å²) in [7, 11) is -0.662. The minimum atomic E-state index is -4.77. The second-order valence-electron chi connectivity index (χ2n) is 8.64. The second kappa shape index (κ2) is 13.9. The van der Waals surface area contributed by atoms with Crippen LogP contribution in [0.4, 0.5) is 13.2 Å². The number of aliphatic imine (C=N–C) groups is 1. The Kier molecular flexibility index (Phi) is 11.5. The Hall–Kier alpha value is -2.69. The topological polar surface area (TPSA) is 84.8 Å². The molecule has 2 rings (SSSR count). The normalized spacial score (nSPS) is 14.2. The van der Waals surface area contributed by atoms with Crippen LogP contribution < -0.4 is 5.32 Å². The van der Waals surface area contributed by atoms with Crippen molar-refractivity contribution in [2.75, 3.05) is 33.5 Å². The third-order valence-corrected chi connectivity index (χ3v) is 7.43. The highest BCUT2D eigenvalue weighted by molar-refractivity contribution is 7.90. The average molecular weight is 573 g/mol. The molecule has 0 amide bonds. The Balaban J connectivity index is 2.51. The van der Waals surface area contributed by atoms with Crippen molar-refractivity contribution in [2.45, 2.75) is 37.3 Å². The molecule has 0 heterocycles. The lowest BCUT2D eigenvalue weighted by Gasteiger charge is -2.23. The van der Waals surface area contributed by atoms with Crippen LogP contribution in [0.5, 0.6) is 0 Å². The van der Waals surface area contributed by atoms with Crippen molar-refractivity contribution in [3.8, 4) is 11.1 Å². The maximum atomic E-state index is 13.7. The molecule has 0 fully saturated rings. The molecule has 11 heteroatoms. The molecule has 0 spiro atoms. The Morgan fingerprint density at radius 2 is 1.79 bits per heavy atom. The molecule has 2 aromatic rings. The summed E-state index contributed by atoms with van der Waals surface area (Å²) < 4.78 is 70.3. The Morgan fingerprint density at radius 3 is 2.32 bits per heavy atom. The zero-order chi connectivity index (χ0) is 28.5. The van der Waals surface area contributed by atoms with Crippen LogP contribution in [0.15, 0.2) is 63.5 Å². The average Bonchev–Trinajstić information content (AvgIpc) is 2.86. The number of likely N-dealkylation sites (N-methyl/N-ethyl adjacent to an activating group) is 1. The van der Waals surface area contributed by atoms with Gasteiger partial charge in [0, 0.05) is 26.3 Å². The fourth-order valence-electron chi connectivity index (χ4n) is 3.95. The number of sulfone groups is 1. The predicted molar refractivity (Wildman–Crippen MR) is 145 cm³/mol. The molecule has 1 unspecified atom stereocenters. The van der Waals surface area contributed by atoms with Gasteiger partial charge in [-0.05, 0) is 60.2 Å². The summed E-state index contributed by atoms with van der Waals surface area (Å²) in [5, 5.41) is 2.34. The van der Waals surface area contributed by atoms with Gasteiger partial charge in [-0.3, -0.25) is 9.79 Å². The quantitative estimate of drug-likeness (QED) is 0.194. The lowest BCUT2D eigenvalue weighted by molar-refractivity contribution is -0.143. The summed E-state index contributed by atoms with van der Waals surface area (Å²) >= 11 is 6.39. The van der Waals surface area contributed by atoms with Gasteiger partial charge in [-0.1, -0.05) is 54.9 Å². The Bertz CT molecular complexity index is 1270. The smallest absolute Gasteiger partial charge is 0.434 e. The molecule has 0 aliphatic carbocycles. The van der Waals surface area contributed by atoms with Gasteiger partial charge in [-0.15, -0.1) is 0 Å². The van der Waals surface area contributed by atoms with Gasteiger partial charge < -0.3 is 10.1 Å². The largest absolute Gasteiger partial charge is 0.464 e. The zero-order valence-corrected chi connectivity index (χ0v) is 23.3. The first-order valence-electron chi connectivity index (χ1n) is 12.0. The van der Waals surface area contributed by atoms with Crippen LogP contribution in [-0.2, 0) is 19.4 Å². The molecule has 2 aromatic carbocycles. The van der Waals surface area contributed by atoms with E-state index in [0.29, 0.717) is 29.7 Å². The standard InChI is InChI=1S/C27H32ClF3N2O4S/c1-5-18(13-14-23(34)37-16-15-32-2)24(25(28)26(33-3)27(29,30)31)20-11-9-19(10-12-20)21-7-6-8-22(17-21)38(4,35)36/h6-12,17-18,32H,5,13-16H2,1-4H3/b25-24-,33-26?. The number of nitrogens with one attached hydrogen (secondary N) is 1. The van der Waals surface area contributed by atoms with E-state index in [4.69, 9.17) is 16.3 Å². The van der Waals surface area contributed by atoms with E-state index in [0.717, 1.165) is 13.3 Å². The molecular weight excluding hydrogens is 541 g/mol. The summed E-state index contributed by atoms with van der Waals surface area (Å²) in [6.07, 6.45) is -3.00. The van der Waals surface area contributed by atoms with Crippen LogP contribution in [0.1, 0.15) is 31.7 Å². The molecule has 208 valence electrons. The predicted octanol–water partition coefficient (Wildman–Crippen LogP) is 5.91. The number of carbonyl (C=O) groups excluding carboxylic acids is 1. The van der Waals surface area contributed by atoms with Crippen molar-refractivity contribution >= 4 is 38.7 Å². The molecule has 38 heavy (non-hydrogen) atoms. The van der Waals surface area contributed by atoms with Crippen LogP contribution in [0.3, 0.4) is 0 Å². The van der Waals surface area contributed by atoms with Crippen molar-refractivity contribution in [2.24, 2.45) is 10.9 Å². The highest BCUT2D eigenvalue weighted by Gasteiger charge is 2.39. The highest BCUT2D eigenvalue weighted by Crippen LogP contribution is 2.38. The van der Waals surface area contributed by atoms with Crippen molar-refractivity contribution in [3.63, 3.8) is 0 Å². The van der Waals surface area contributed by atoms with E-state index in [-0.39, 0.29) is 29.9 Å². The molecule has 1 N–H and O–H groups in total. The molecule has 0 saturated carbocycles. The van der Waals surface area contributed by atoms with Gasteiger partial charge >= 0.3 is 12.1 Å². The number of halogens is 4. The van der Waals surface area contributed by atoms with Crippen molar-refractivity contribution < 1.29 is 31.1 Å². The third-order valence-electron chi connectivity index (χ3n) is 5.94. The minimum Gasteiger partial charge on any atom is -0.464 e. The van der Waals surface area contributed by atoms with Crippen LogP contribution in [0, 0.1) is 5.92 Å². The summed E-state index contributed by atoms with van der Waals surface area (Å²) in [6, 6.07) is 13.0. The van der Waals surface area contributed by atoms with Gasteiger partial charge in [0.2, 0.25) is 0 Å². The van der Waals surface area contributed by atoms with Crippen molar-refractivity contribution in [3.05, 3.63) is 59.1 Å². The maximum absolute atomic E-state index is 13.7. The number of benzene rings is 2. The van der Waals surface area contributed by atoms with Crippen LogP contribution >= 0.6 is 11.6 Å². The van der Waals surface area contributed by atoms with Crippen molar-refractivity contribution in [1.29, 1.82) is 0 Å². The second-order valence-corrected chi connectivity index (χ2v) is 11.0. The molecule has 0 saturated heterocycles. The Labute approximate surface area is 226 Å². The summed E-state index contributed by atoms with van der Waals surface area (Å²) in [5.74, 6) is -0.937. The zero-order valence-electron chi connectivity index (χ0n) is 21.7. The van der Waals surface area contributed by atoms with E-state index in [1.54, 1.807) is 43.4 Å². The molecule has 0 aliphatic heterocycles. The van der Waals surface area contributed by atoms with Gasteiger partial charge in [0.25, 0.3) is 0 Å². The number of rotatable bonds is 12. The molecule has 0 aliphatic rings. The van der Waals surface area contributed by atoms with Gasteiger partial charge in [-0.25, -0.2) is 8.42 Å². The van der Waals surface area contributed by atoms with Crippen LogP contribution in [-0.4, -0.2) is 59.8 Å². The van der Waals surface area contributed by atoms with Crippen molar-refractivity contribution in [1.82, 2.24) is 5.32 Å². The SMILES string of the molecule is CCC(CCC(=O)OCCNC)/C(=C(/Cl)C(=NC)C(F)(F)F)c1ccc(-c2cccc(S(C)(=O)=O)c2)cc1. The third kappa shape index (κ3) is 8.68. The fourth-order valence-corrected chi connectivity index (χ4v) is 5.07. The van der Waals surface area contributed by atoms with E-state index in [1.165, 1.54) is 12.1 Å². The number of nitrogens with zero attached hydrogens (tertiary/aromatic N) is 1. The monoisotopic (exact) mass is 572 g/mol. The summed E-state index contributed by atoms with van der Waals surface area (Å²) in [6.45, 7) is 2.49. The number of carbonyl (C=O) groups is 1. The first-order chi connectivity index (χ1) is 17.8. The lowest BCUT2D eigenvalue weighted by Crippen LogP contribution is -2.25. The number of allylic oxidation sites excluding steroid dienone is 2. The van der Waals surface area contributed by atoms with Gasteiger partial charge in [0.05, 0.1) is 9.93 Å². The van der Waals surface area contributed by atoms with Crippen LogP contribution in [0.2, 0.25) is 0 Å². The van der Waals surface area contributed by atoms with E-state index in [1.807, 2.05) is 6.92 Å². The fraction of sp³-hybridized carbons (Fsp3) is 0.407. The van der Waals surface area contributed by atoms with Crippen LogP contribution in [0.25, 0.3) is 16.7 Å². The molecule has 6 nitrogen and oxygen atoms in total. The molecule has 1 atom stereocenters. The first kappa shape index (κ1) is 31.5. The first-order valence-corrected chi connectivity index (χ1v) is 14.3. The van der Waals surface area contributed by atoms with Gasteiger partial charge in [-0.2, -0.15) is 13.2 Å². The molecule has 0 radical (unpaired) electrons. The summed E-state index contributed by atoms with van der Waals surface area (Å²) in [4.78, 5) is 15.7.